The molecule has 1 aromatic heterocycles. The van der Waals surface area contributed by atoms with E-state index in [1.54, 1.807) is 19.1 Å². The molecule has 1 aliphatic rings. The number of hydrogen-bond donors (Lipinski definition) is 1. The minimum Gasteiger partial charge on any atom is -0.363 e. The van der Waals surface area contributed by atoms with Gasteiger partial charge in [0, 0.05) is 50.0 Å². The van der Waals surface area contributed by atoms with Crippen LogP contribution >= 0.6 is 0 Å². The summed E-state index contributed by atoms with van der Waals surface area (Å²) < 4.78 is 44.9. The fraction of sp³-hybridized carbons (Fsp3) is 0.312. The van der Waals surface area contributed by atoms with Crippen LogP contribution in [0.4, 0.5) is 18.9 Å². The molecule has 2 heterocycles. The Balaban J connectivity index is 1.45. The summed E-state index contributed by atoms with van der Waals surface area (Å²) in [6.07, 6.45) is 0.766. The largest absolute Gasteiger partial charge is 0.363 e. The average Bonchev–Trinajstić information content (AvgIpc) is 2.99. The highest BCUT2D eigenvalue weighted by Crippen LogP contribution is 2.20. The molecule has 1 atom stereocenters. The van der Waals surface area contributed by atoms with Crippen molar-refractivity contribution in [3.05, 3.63) is 133 Å². The van der Waals surface area contributed by atoms with Crippen LogP contribution < -0.4 is 21.9 Å². The average molecular weight is 578 g/mol. The van der Waals surface area contributed by atoms with E-state index in [-0.39, 0.29) is 24.5 Å². The number of nitrogens with two attached hydrogens (primary N) is 1. The Kier molecular flexibility index (Phi) is 8.94. The molecule has 0 spiro atoms. The van der Waals surface area contributed by atoms with Gasteiger partial charge in [0.1, 0.15) is 23.1 Å². The third-order valence-electron chi connectivity index (χ3n) is 7.96. The lowest BCUT2D eigenvalue weighted by Gasteiger charge is -2.37. The van der Waals surface area contributed by atoms with Crippen molar-refractivity contribution in [2.75, 3.05) is 37.6 Å². The van der Waals surface area contributed by atoms with Gasteiger partial charge < -0.3 is 10.6 Å². The van der Waals surface area contributed by atoms with Crippen LogP contribution in [0, 0.1) is 24.4 Å². The lowest BCUT2D eigenvalue weighted by molar-refractivity contribution is 0.260. The van der Waals surface area contributed by atoms with E-state index >= 15 is 0 Å². The van der Waals surface area contributed by atoms with Crippen LogP contribution in [0.3, 0.4) is 0 Å². The number of hydrogen-bond acceptors (Lipinski definition) is 5. The molecular formula is C32H34F3N5O2. The molecule has 0 radical (unpaired) electrons. The van der Waals surface area contributed by atoms with Crippen LogP contribution in [0.5, 0.6) is 0 Å². The van der Waals surface area contributed by atoms with Crippen molar-refractivity contribution in [1.82, 2.24) is 14.0 Å². The van der Waals surface area contributed by atoms with Crippen molar-refractivity contribution < 1.29 is 13.2 Å². The molecule has 0 bridgehead atoms. The highest BCUT2D eigenvalue weighted by atomic mass is 19.1. The summed E-state index contributed by atoms with van der Waals surface area (Å²) in [6, 6.07) is 18.5. The first-order valence-electron chi connectivity index (χ1n) is 14.0. The van der Waals surface area contributed by atoms with Gasteiger partial charge in [0.15, 0.2) is 0 Å². The minimum absolute atomic E-state index is 0.0909. The first-order valence-corrected chi connectivity index (χ1v) is 14.0. The highest BCUT2D eigenvalue weighted by Gasteiger charge is 2.26. The van der Waals surface area contributed by atoms with Gasteiger partial charge in [-0.05, 0) is 48.7 Å². The minimum atomic E-state index is -0.767. The second-order valence-corrected chi connectivity index (χ2v) is 10.6. The van der Waals surface area contributed by atoms with E-state index in [1.807, 2.05) is 35.2 Å². The summed E-state index contributed by atoms with van der Waals surface area (Å²) >= 11 is 0. The standard InChI is InChI=1S/C32H34F3N5O2/c1-22-30(38-18-16-37(17-19-38)15-14-23-10-12-25(33)13-11-23)31(41)40(21-29(36)24-6-3-2-4-7-24)32(42)39(22)20-26-27(34)8-5-9-28(26)35/h2-13,29H,14-21,36H2,1H3/t29-/m1/s1. The topological polar surface area (TPSA) is 76.5 Å². The number of anilines is 1. The molecular weight excluding hydrogens is 543 g/mol. The summed E-state index contributed by atoms with van der Waals surface area (Å²) in [5.41, 5.74) is 7.48. The Hall–Kier alpha value is -4.15. The molecule has 1 fully saturated rings. The first kappa shape index (κ1) is 29.3. The van der Waals surface area contributed by atoms with Crippen LogP contribution in [0.15, 0.2) is 82.4 Å². The molecule has 7 nitrogen and oxygen atoms in total. The Bertz CT molecular complexity index is 1630. The van der Waals surface area contributed by atoms with Crippen LogP contribution in [-0.2, 0) is 19.5 Å². The van der Waals surface area contributed by atoms with Crippen molar-refractivity contribution in [2.45, 2.75) is 32.5 Å². The van der Waals surface area contributed by atoms with Gasteiger partial charge >= 0.3 is 5.69 Å². The van der Waals surface area contributed by atoms with Gasteiger partial charge in [-0.15, -0.1) is 0 Å². The SMILES string of the molecule is Cc1c(N2CCN(CCc3ccc(F)cc3)CC2)c(=O)n(C[C@@H](N)c2ccccc2)c(=O)n1Cc1c(F)cccc1F. The van der Waals surface area contributed by atoms with Gasteiger partial charge in [-0.3, -0.25) is 18.8 Å². The normalized spacial score (nSPS) is 14.7. The molecule has 0 amide bonds. The summed E-state index contributed by atoms with van der Waals surface area (Å²) in [4.78, 5) is 31.8. The Morgan fingerprint density at radius 3 is 2.10 bits per heavy atom. The zero-order valence-corrected chi connectivity index (χ0v) is 23.5. The van der Waals surface area contributed by atoms with Crippen LogP contribution in [0.1, 0.15) is 28.4 Å². The molecule has 0 unspecified atom stereocenters. The summed E-state index contributed by atoms with van der Waals surface area (Å²) in [5.74, 6) is -1.80. The summed E-state index contributed by atoms with van der Waals surface area (Å²) in [7, 11) is 0. The monoisotopic (exact) mass is 577 g/mol. The van der Waals surface area contributed by atoms with E-state index in [1.165, 1.54) is 22.8 Å². The van der Waals surface area contributed by atoms with Gasteiger partial charge in [0.2, 0.25) is 0 Å². The van der Waals surface area contributed by atoms with Crippen molar-refractivity contribution >= 4 is 5.69 Å². The fourth-order valence-electron chi connectivity index (χ4n) is 5.47. The molecule has 2 N–H and O–H groups in total. The van der Waals surface area contributed by atoms with Gasteiger partial charge in [-0.2, -0.15) is 0 Å². The van der Waals surface area contributed by atoms with E-state index < -0.39 is 28.9 Å². The molecule has 220 valence electrons. The quantitative estimate of drug-likeness (QED) is 0.327. The predicted molar refractivity (Wildman–Crippen MR) is 157 cm³/mol. The van der Waals surface area contributed by atoms with E-state index in [4.69, 9.17) is 5.73 Å². The zero-order chi connectivity index (χ0) is 29.8. The van der Waals surface area contributed by atoms with Gasteiger partial charge in [-0.1, -0.05) is 48.5 Å². The Morgan fingerprint density at radius 2 is 1.45 bits per heavy atom. The molecule has 5 rings (SSSR count). The number of rotatable bonds is 9. The lowest BCUT2D eigenvalue weighted by atomic mass is 10.1. The molecule has 4 aromatic rings. The van der Waals surface area contributed by atoms with Crippen molar-refractivity contribution in [1.29, 1.82) is 0 Å². The smallest absolute Gasteiger partial charge is 0.331 e. The number of benzene rings is 3. The maximum Gasteiger partial charge on any atom is 0.331 e. The second kappa shape index (κ2) is 12.8. The number of aromatic nitrogens is 2. The van der Waals surface area contributed by atoms with E-state index in [2.05, 4.69) is 4.90 Å². The highest BCUT2D eigenvalue weighted by molar-refractivity contribution is 5.50. The second-order valence-electron chi connectivity index (χ2n) is 10.6. The number of piperazine rings is 1. The van der Waals surface area contributed by atoms with Crippen molar-refractivity contribution in [2.24, 2.45) is 5.73 Å². The Morgan fingerprint density at radius 1 is 0.810 bits per heavy atom. The number of nitrogens with zero attached hydrogens (tertiary/aromatic N) is 4. The zero-order valence-electron chi connectivity index (χ0n) is 23.5. The van der Waals surface area contributed by atoms with Crippen molar-refractivity contribution in [3.8, 4) is 0 Å². The fourth-order valence-corrected chi connectivity index (χ4v) is 5.47. The predicted octanol–water partition coefficient (Wildman–Crippen LogP) is 3.85. The van der Waals surface area contributed by atoms with Crippen LogP contribution in [-0.4, -0.2) is 46.8 Å². The third-order valence-corrected chi connectivity index (χ3v) is 7.96. The molecule has 10 heteroatoms. The van der Waals surface area contributed by atoms with Crippen LogP contribution in [0.2, 0.25) is 0 Å². The van der Waals surface area contributed by atoms with E-state index in [9.17, 15) is 22.8 Å². The molecule has 42 heavy (non-hydrogen) atoms. The maximum absolute atomic E-state index is 14.6. The molecule has 1 aliphatic heterocycles. The number of halogens is 3. The maximum atomic E-state index is 14.6. The van der Waals surface area contributed by atoms with Gasteiger partial charge in [-0.25, -0.2) is 18.0 Å². The Labute approximate surface area is 242 Å². The van der Waals surface area contributed by atoms with Gasteiger partial charge in [0.05, 0.1) is 13.1 Å². The summed E-state index contributed by atoms with van der Waals surface area (Å²) in [6.45, 7) is 4.35. The molecule has 1 saturated heterocycles. The first-order chi connectivity index (χ1) is 20.2. The molecule has 0 saturated carbocycles. The molecule has 0 aliphatic carbocycles. The van der Waals surface area contributed by atoms with Crippen LogP contribution in [0.25, 0.3) is 0 Å². The van der Waals surface area contributed by atoms with E-state index in [0.717, 1.165) is 40.8 Å². The van der Waals surface area contributed by atoms with Crippen molar-refractivity contribution in [3.63, 3.8) is 0 Å². The lowest BCUT2D eigenvalue weighted by Crippen LogP contribution is -2.52. The molecule has 3 aromatic carbocycles. The van der Waals surface area contributed by atoms with E-state index in [0.29, 0.717) is 37.6 Å². The third kappa shape index (κ3) is 6.34. The summed E-state index contributed by atoms with van der Waals surface area (Å²) in [5, 5.41) is 0. The van der Waals surface area contributed by atoms with Gasteiger partial charge in [0.25, 0.3) is 5.56 Å².